The molecule has 0 amide bonds. The van der Waals surface area contributed by atoms with Crippen LogP contribution in [0.25, 0.3) is 16.9 Å². The summed E-state index contributed by atoms with van der Waals surface area (Å²) in [5, 5.41) is 0. The standard InChI is InChI=1S/C16H16N2.C2H6/c1-11-6-7-14(13(3)9-11)15-10-18-8-4-5-12(2)16(18)17-15;1-2/h4-10H,1-3H3;1-2H3. The topological polar surface area (TPSA) is 17.3 Å². The predicted octanol–water partition coefficient (Wildman–Crippen LogP) is 4.95. The summed E-state index contributed by atoms with van der Waals surface area (Å²) in [5.74, 6) is 0. The molecule has 0 fully saturated rings. The highest BCUT2D eigenvalue weighted by atomic mass is 15.0. The van der Waals surface area contributed by atoms with Crippen LogP contribution in [0.5, 0.6) is 0 Å². The lowest BCUT2D eigenvalue weighted by Crippen LogP contribution is -1.84. The molecular formula is C18H22N2. The van der Waals surface area contributed by atoms with Gasteiger partial charge in [-0.1, -0.05) is 43.7 Å². The molecule has 0 spiro atoms. The van der Waals surface area contributed by atoms with Crippen molar-refractivity contribution in [1.82, 2.24) is 9.38 Å². The van der Waals surface area contributed by atoms with Crippen LogP contribution in [-0.4, -0.2) is 9.38 Å². The Balaban J connectivity index is 0.000000704. The highest BCUT2D eigenvalue weighted by Crippen LogP contribution is 2.24. The predicted molar refractivity (Wildman–Crippen MR) is 86.2 cm³/mol. The molecule has 1 aromatic carbocycles. The Kier molecular flexibility index (Phi) is 4.23. The molecule has 0 unspecified atom stereocenters. The Morgan fingerprint density at radius 3 is 2.35 bits per heavy atom. The van der Waals surface area contributed by atoms with Crippen molar-refractivity contribution in [2.24, 2.45) is 0 Å². The van der Waals surface area contributed by atoms with E-state index in [1.165, 1.54) is 22.3 Å². The summed E-state index contributed by atoms with van der Waals surface area (Å²) in [6.07, 6.45) is 4.14. The molecule has 2 heteroatoms. The number of rotatable bonds is 1. The molecule has 2 aromatic heterocycles. The number of benzene rings is 1. The molecule has 0 saturated carbocycles. The van der Waals surface area contributed by atoms with Crippen molar-refractivity contribution in [2.45, 2.75) is 34.6 Å². The third kappa shape index (κ3) is 2.60. The number of pyridine rings is 1. The molecule has 0 N–H and O–H groups in total. The zero-order chi connectivity index (χ0) is 14.7. The summed E-state index contributed by atoms with van der Waals surface area (Å²) in [6, 6.07) is 10.6. The minimum absolute atomic E-state index is 1.03. The number of nitrogens with zero attached hydrogens (tertiary/aromatic N) is 2. The fraction of sp³-hybridized carbons (Fsp3) is 0.278. The number of hydrogen-bond donors (Lipinski definition) is 0. The van der Waals surface area contributed by atoms with Gasteiger partial charge >= 0.3 is 0 Å². The number of imidazole rings is 1. The molecular weight excluding hydrogens is 244 g/mol. The molecule has 0 radical (unpaired) electrons. The number of aryl methyl sites for hydroxylation is 3. The second-order valence-corrected chi connectivity index (χ2v) is 4.87. The van der Waals surface area contributed by atoms with Crippen LogP contribution >= 0.6 is 0 Å². The Labute approximate surface area is 121 Å². The molecule has 2 heterocycles. The zero-order valence-electron chi connectivity index (χ0n) is 12.9. The largest absolute Gasteiger partial charge is 0.306 e. The average molecular weight is 266 g/mol. The molecule has 0 aliphatic rings. The first kappa shape index (κ1) is 14.3. The lowest BCUT2D eigenvalue weighted by Gasteiger charge is -2.02. The van der Waals surface area contributed by atoms with Crippen LogP contribution in [0.3, 0.4) is 0 Å². The van der Waals surface area contributed by atoms with Gasteiger partial charge in [0.2, 0.25) is 0 Å². The van der Waals surface area contributed by atoms with Crippen molar-refractivity contribution in [3.05, 3.63) is 59.4 Å². The van der Waals surface area contributed by atoms with E-state index in [2.05, 4.69) is 61.7 Å². The molecule has 20 heavy (non-hydrogen) atoms. The van der Waals surface area contributed by atoms with E-state index < -0.39 is 0 Å². The molecule has 0 saturated heterocycles. The third-order valence-electron chi connectivity index (χ3n) is 3.34. The number of fused-ring (bicyclic) bond motifs is 1. The van der Waals surface area contributed by atoms with Crippen molar-refractivity contribution < 1.29 is 0 Å². The average Bonchev–Trinajstić information content (AvgIpc) is 2.86. The summed E-state index contributed by atoms with van der Waals surface area (Å²) in [4.78, 5) is 4.74. The van der Waals surface area contributed by atoms with Crippen molar-refractivity contribution in [3.63, 3.8) is 0 Å². The molecule has 0 atom stereocenters. The molecule has 0 bridgehead atoms. The summed E-state index contributed by atoms with van der Waals surface area (Å²) in [6.45, 7) is 10.3. The maximum Gasteiger partial charge on any atom is 0.140 e. The van der Waals surface area contributed by atoms with Crippen LogP contribution in [0.1, 0.15) is 30.5 Å². The van der Waals surface area contributed by atoms with E-state index in [4.69, 9.17) is 4.98 Å². The van der Waals surface area contributed by atoms with Crippen molar-refractivity contribution in [3.8, 4) is 11.3 Å². The Morgan fingerprint density at radius 2 is 1.70 bits per heavy atom. The first-order valence-corrected chi connectivity index (χ1v) is 7.17. The van der Waals surface area contributed by atoms with Gasteiger partial charge in [0.15, 0.2) is 0 Å². The minimum Gasteiger partial charge on any atom is -0.306 e. The monoisotopic (exact) mass is 266 g/mol. The van der Waals surface area contributed by atoms with Gasteiger partial charge in [-0.2, -0.15) is 0 Å². The highest BCUT2D eigenvalue weighted by Gasteiger charge is 2.08. The van der Waals surface area contributed by atoms with E-state index in [1.807, 2.05) is 20.0 Å². The van der Waals surface area contributed by atoms with Crippen LogP contribution in [-0.2, 0) is 0 Å². The minimum atomic E-state index is 1.03. The second kappa shape index (κ2) is 5.91. The Hall–Kier alpha value is -2.09. The molecule has 2 nitrogen and oxygen atoms in total. The SMILES string of the molecule is CC.Cc1ccc(-c2cn3cccc(C)c3n2)c(C)c1. The summed E-state index contributed by atoms with van der Waals surface area (Å²) in [5.41, 5.74) is 7.05. The first-order chi connectivity index (χ1) is 9.65. The number of hydrogen-bond acceptors (Lipinski definition) is 1. The van der Waals surface area contributed by atoms with E-state index in [1.54, 1.807) is 0 Å². The van der Waals surface area contributed by atoms with E-state index >= 15 is 0 Å². The third-order valence-corrected chi connectivity index (χ3v) is 3.34. The maximum atomic E-state index is 4.74. The Morgan fingerprint density at radius 1 is 0.950 bits per heavy atom. The van der Waals surface area contributed by atoms with Crippen LogP contribution in [0.2, 0.25) is 0 Å². The van der Waals surface area contributed by atoms with Gasteiger partial charge in [-0.15, -0.1) is 0 Å². The summed E-state index contributed by atoms with van der Waals surface area (Å²) < 4.78 is 2.09. The Bertz CT molecular complexity index is 723. The second-order valence-electron chi connectivity index (χ2n) is 4.87. The van der Waals surface area contributed by atoms with E-state index in [9.17, 15) is 0 Å². The van der Waals surface area contributed by atoms with Gasteiger partial charge in [0.25, 0.3) is 0 Å². The van der Waals surface area contributed by atoms with Crippen LogP contribution in [0.4, 0.5) is 0 Å². The quantitative estimate of drug-likeness (QED) is 0.609. The molecule has 0 aliphatic carbocycles. The molecule has 3 rings (SSSR count). The van der Waals surface area contributed by atoms with Crippen molar-refractivity contribution in [2.75, 3.05) is 0 Å². The van der Waals surface area contributed by atoms with Crippen LogP contribution < -0.4 is 0 Å². The van der Waals surface area contributed by atoms with Gasteiger partial charge in [0, 0.05) is 18.0 Å². The van der Waals surface area contributed by atoms with Crippen molar-refractivity contribution >= 4 is 5.65 Å². The lowest BCUT2D eigenvalue weighted by molar-refractivity contribution is 1.16. The normalized spacial score (nSPS) is 10.2. The van der Waals surface area contributed by atoms with E-state index in [0.29, 0.717) is 0 Å². The molecule has 104 valence electrons. The first-order valence-electron chi connectivity index (χ1n) is 7.17. The van der Waals surface area contributed by atoms with Gasteiger partial charge in [0.05, 0.1) is 5.69 Å². The van der Waals surface area contributed by atoms with Crippen molar-refractivity contribution in [1.29, 1.82) is 0 Å². The molecule has 3 aromatic rings. The van der Waals surface area contributed by atoms with E-state index in [0.717, 1.165) is 11.3 Å². The number of aromatic nitrogens is 2. The summed E-state index contributed by atoms with van der Waals surface area (Å²) >= 11 is 0. The van der Waals surface area contributed by atoms with Crippen LogP contribution in [0.15, 0.2) is 42.7 Å². The highest BCUT2D eigenvalue weighted by molar-refractivity contribution is 5.67. The smallest absolute Gasteiger partial charge is 0.140 e. The fourth-order valence-corrected chi connectivity index (χ4v) is 2.38. The zero-order valence-corrected chi connectivity index (χ0v) is 12.9. The summed E-state index contributed by atoms with van der Waals surface area (Å²) in [7, 11) is 0. The maximum absolute atomic E-state index is 4.74. The van der Waals surface area contributed by atoms with Crippen LogP contribution in [0, 0.1) is 20.8 Å². The van der Waals surface area contributed by atoms with Gasteiger partial charge in [-0.3, -0.25) is 0 Å². The lowest BCUT2D eigenvalue weighted by atomic mass is 10.0. The van der Waals surface area contributed by atoms with E-state index in [-0.39, 0.29) is 0 Å². The fourth-order valence-electron chi connectivity index (χ4n) is 2.38. The van der Waals surface area contributed by atoms with Gasteiger partial charge in [-0.25, -0.2) is 4.98 Å². The van der Waals surface area contributed by atoms with Gasteiger partial charge < -0.3 is 4.40 Å². The van der Waals surface area contributed by atoms with Gasteiger partial charge in [0.1, 0.15) is 5.65 Å². The molecule has 0 aliphatic heterocycles. The van der Waals surface area contributed by atoms with Gasteiger partial charge in [-0.05, 0) is 38.0 Å².